The molecular weight excluding hydrogens is 365 g/mol. The number of benzene rings is 2. The Morgan fingerprint density at radius 2 is 1.95 bits per heavy atom. The molecule has 0 fully saturated rings. The van der Waals surface area contributed by atoms with E-state index in [1.165, 1.54) is 5.56 Å². The highest BCUT2D eigenvalue weighted by molar-refractivity contribution is 14.1. The number of halogens is 1. The lowest BCUT2D eigenvalue weighted by Gasteiger charge is -2.29. The molecule has 0 atom stereocenters. The van der Waals surface area contributed by atoms with Gasteiger partial charge in [0, 0.05) is 10.1 Å². The Morgan fingerprint density at radius 3 is 2.75 bits per heavy atom. The molecule has 1 heterocycles. The van der Waals surface area contributed by atoms with Crippen molar-refractivity contribution in [3.05, 3.63) is 57.7 Å². The molecule has 4 heteroatoms. The van der Waals surface area contributed by atoms with Gasteiger partial charge in [-0.15, -0.1) is 0 Å². The highest BCUT2D eigenvalue weighted by atomic mass is 127. The van der Waals surface area contributed by atoms with E-state index in [-0.39, 0.29) is 12.5 Å². The van der Waals surface area contributed by atoms with Gasteiger partial charge in [0.25, 0.3) is 5.91 Å². The van der Waals surface area contributed by atoms with Crippen molar-refractivity contribution in [3.8, 4) is 5.75 Å². The predicted octanol–water partition coefficient (Wildman–Crippen LogP) is 3.26. The van der Waals surface area contributed by atoms with Crippen molar-refractivity contribution in [2.45, 2.75) is 6.42 Å². The third-order valence-electron chi connectivity index (χ3n) is 3.33. The van der Waals surface area contributed by atoms with Crippen LogP contribution in [-0.2, 0) is 11.2 Å². The van der Waals surface area contributed by atoms with Gasteiger partial charge in [-0.05, 0) is 52.8 Å². The number of hydrogen-bond acceptors (Lipinski definition) is 2. The van der Waals surface area contributed by atoms with Crippen LogP contribution in [0.4, 0.5) is 5.69 Å². The second kappa shape index (κ2) is 5.83. The summed E-state index contributed by atoms with van der Waals surface area (Å²) in [5.41, 5.74) is 2.11. The molecule has 1 aliphatic rings. The molecule has 2 aromatic rings. The summed E-state index contributed by atoms with van der Waals surface area (Å²) >= 11 is 2.25. The minimum absolute atomic E-state index is 0.0235. The summed E-state index contributed by atoms with van der Waals surface area (Å²) in [5, 5.41) is 0. The van der Waals surface area contributed by atoms with E-state index in [1.54, 1.807) is 0 Å². The smallest absolute Gasteiger partial charge is 0.265 e. The number of ether oxygens (including phenoxy) is 1. The molecule has 0 unspecified atom stereocenters. The van der Waals surface area contributed by atoms with Crippen molar-refractivity contribution >= 4 is 34.2 Å². The summed E-state index contributed by atoms with van der Waals surface area (Å²) in [5.74, 6) is 0.813. The fourth-order valence-electron chi connectivity index (χ4n) is 2.31. The van der Waals surface area contributed by atoms with Gasteiger partial charge in [0.05, 0.1) is 5.69 Å². The van der Waals surface area contributed by atoms with E-state index in [2.05, 4.69) is 34.7 Å². The lowest BCUT2D eigenvalue weighted by atomic mass is 10.1. The normalized spacial score (nSPS) is 13.8. The third kappa shape index (κ3) is 2.80. The monoisotopic (exact) mass is 379 g/mol. The molecule has 0 N–H and O–H groups in total. The fraction of sp³-hybridized carbons (Fsp3) is 0.188. The molecule has 2 aromatic carbocycles. The zero-order valence-corrected chi connectivity index (χ0v) is 13.0. The quantitative estimate of drug-likeness (QED) is 0.767. The largest absolute Gasteiger partial charge is 0.482 e. The molecule has 1 amide bonds. The lowest BCUT2D eigenvalue weighted by molar-refractivity contribution is -0.121. The molecule has 0 bridgehead atoms. The highest BCUT2D eigenvalue weighted by Gasteiger charge is 2.25. The van der Waals surface area contributed by atoms with E-state index in [4.69, 9.17) is 4.74 Å². The Labute approximate surface area is 131 Å². The van der Waals surface area contributed by atoms with Crippen molar-refractivity contribution in [1.29, 1.82) is 0 Å². The Kier molecular flexibility index (Phi) is 3.91. The Hall–Kier alpha value is -1.56. The van der Waals surface area contributed by atoms with Gasteiger partial charge < -0.3 is 9.64 Å². The fourth-order valence-corrected chi connectivity index (χ4v) is 2.78. The van der Waals surface area contributed by atoms with Crippen LogP contribution < -0.4 is 9.64 Å². The number of hydrogen-bond donors (Lipinski definition) is 0. The van der Waals surface area contributed by atoms with E-state index in [1.807, 2.05) is 41.3 Å². The van der Waals surface area contributed by atoms with Crippen molar-refractivity contribution in [2.75, 3.05) is 18.1 Å². The topological polar surface area (TPSA) is 29.5 Å². The molecule has 3 rings (SSSR count). The standard InChI is InChI=1S/C16H14INO2/c17-13-6-7-15-14(10-13)18(16(19)11-20-15)9-8-12-4-2-1-3-5-12/h1-7,10H,8-9,11H2. The van der Waals surface area contributed by atoms with Gasteiger partial charge in [0.2, 0.25) is 0 Å². The second-order valence-electron chi connectivity index (χ2n) is 4.68. The molecule has 1 aliphatic heterocycles. The van der Waals surface area contributed by atoms with Crippen molar-refractivity contribution < 1.29 is 9.53 Å². The Morgan fingerprint density at radius 1 is 1.15 bits per heavy atom. The maximum atomic E-state index is 12.1. The number of carbonyl (C=O) groups is 1. The number of rotatable bonds is 3. The Bertz CT molecular complexity index is 628. The van der Waals surface area contributed by atoms with Crippen LogP contribution in [0, 0.1) is 3.57 Å². The van der Waals surface area contributed by atoms with E-state index >= 15 is 0 Å². The van der Waals surface area contributed by atoms with Crippen molar-refractivity contribution in [2.24, 2.45) is 0 Å². The van der Waals surface area contributed by atoms with Crippen LogP contribution in [0.15, 0.2) is 48.5 Å². The number of fused-ring (bicyclic) bond motifs is 1. The van der Waals surface area contributed by atoms with E-state index in [0.717, 1.165) is 21.4 Å². The van der Waals surface area contributed by atoms with Crippen molar-refractivity contribution in [1.82, 2.24) is 0 Å². The SMILES string of the molecule is O=C1COc2ccc(I)cc2N1CCc1ccccc1. The van der Waals surface area contributed by atoms with Crippen LogP contribution in [0.1, 0.15) is 5.56 Å². The van der Waals surface area contributed by atoms with Crippen LogP contribution >= 0.6 is 22.6 Å². The van der Waals surface area contributed by atoms with Crippen molar-refractivity contribution in [3.63, 3.8) is 0 Å². The summed E-state index contributed by atoms with van der Waals surface area (Å²) in [6.07, 6.45) is 0.845. The van der Waals surface area contributed by atoms with Gasteiger partial charge in [-0.1, -0.05) is 30.3 Å². The summed E-state index contributed by atoms with van der Waals surface area (Å²) in [6.45, 7) is 0.807. The van der Waals surface area contributed by atoms with Gasteiger partial charge in [0.1, 0.15) is 5.75 Å². The highest BCUT2D eigenvalue weighted by Crippen LogP contribution is 2.33. The first-order valence-corrected chi connectivity index (χ1v) is 7.58. The average molecular weight is 379 g/mol. The van der Waals surface area contributed by atoms with Crippen LogP contribution in [0.5, 0.6) is 5.75 Å². The van der Waals surface area contributed by atoms with E-state index in [9.17, 15) is 4.79 Å². The molecule has 0 aromatic heterocycles. The number of anilines is 1. The molecule has 0 saturated heterocycles. The van der Waals surface area contributed by atoms with E-state index < -0.39 is 0 Å². The summed E-state index contributed by atoms with van der Waals surface area (Å²) in [7, 11) is 0. The first kappa shape index (κ1) is 13.4. The van der Waals surface area contributed by atoms with Crippen LogP contribution in [0.3, 0.4) is 0 Å². The Balaban J connectivity index is 1.82. The third-order valence-corrected chi connectivity index (χ3v) is 4.00. The average Bonchev–Trinajstić information content (AvgIpc) is 2.47. The summed E-state index contributed by atoms with van der Waals surface area (Å²) < 4.78 is 6.58. The van der Waals surface area contributed by atoms with Crippen LogP contribution in [0.25, 0.3) is 0 Å². The maximum Gasteiger partial charge on any atom is 0.265 e. The summed E-state index contributed by atoms with van der Waals surface area (Å²) in [6, 6.07) is 16.1. The molecule has 20 heavy (non-hydrogen) atoms. The molecule has 3 nitrogen and oxygen atoms in total. The molecule has 0 spiro atoms. The minimum atomic E-state index is 0.0235. The molecular formula is C16H14INO2. The minimum Gasteiger partial charge on any atom is -0.482 e. The maximum absolute atomic E-state index is 12.1. The van der Waals surface area contributed by atoms with Gasteiger partial charge in [-0.25, -0.2) is 0 Å². The second-order valence-corrected chi connectivity index (χ2v) is 5.93. The van der Waals surface area contributed by atoms with E-state index in [0.29, 0.717) is 6.54 Å². The predicted molar refractivity (Wildman–Crippen MR) is 87.2 cm³/mol. The number of nitrogens with zero attached hydrogens (tertiary/aromatic N) is 1. The molecule has 102 valence electrons. The lowest BCUT2D eigenvalue weighted by Crippen LogP contribution is -2.40. The first-order valence-electron chi connectivity index (χ1n) is 6.51. The first-order chi connectivity index (χ1) is 9.74. The molecule has 0 saturated carbocycles. The number of carbonyl (C=O) groups excluding carboxylic acids is 1. The number of amides is 1. The zero-order chi connectivity index (χ0) is 13.9. The molecule has 0 radical (unpaired) electrons. The van der Waals surface area contributed by atoms with Gasteiger partial charge in [-0.3, -0.25) is 4.79 Å². The van der Waals surface area contributed by atoms with Gasteiger partial charge >= 0.3 is 0 Å². The van der Waals surface area contributed by atoms with Gasteiger partial charge in [-0.2, -0.15) is 0 Å². The summed E-state index contributed by atoms with van der Waals surface area (Å²) in [4.78, 5) is 13.9. The zero-order valence-electron chi connectivity index (χ0n) is 10.9. The van der Waals surface area contributed by atoms with Crippen LogP contribution in [-0.4, -0.2) is 19.1 Å². The van der Waals surface area contributed by atoms with Crippen LogP contribution in [0.2, 0.25) is 0 Å². The van der Waals surface area contributed by atoms with Gasteiger partial charge in [0.15, 0.2) is 6.61 Å². The molecule has 0 aliphatic carbocycles.